The number of fused-ring (bicyclic) bond motifs is 7. The van der Waals surface area contributed by atoms with Crippen LogP contribution in [0.4, 0.5) is 0 Å². The van der Waals surface area contributed by atoms with E-state index >= 15 is 0 Å². The van der Waals surface area contributed by atoms with Gasteiger partial charge in [-0.1, -0.05) is 18.2 Å². The number of aromatic nitrogens is 4. The Kier molecular flexibility index (Phi) is 2.34. The molecule has 1 aliphatic rings. The zero-order chi connectivity index (χ0) is 16.4. The predicted octanol–water partition coefficient (Wildman–Crippen LogP) is 3.48. The van der Waals surface area contributed by atoms with Gasteiger partial charge in [0, 0.05) is 18.1 Å². The van der Waals surface area contributed by atoms with E-state index in [9.17, 15) is 0 Å². The highest BCUT2D eigenvalue weighted by atomic mass is 16.4. The number of hydrogen-bond acceptors (Lipinski definition) is 3. The van der Waals surface area contributed by atoms with Crippen molar-refractivity contribution in [3.05, 3.63) is 72.7 Å². The lowest BCUT2D eigenvalue weighted by Crippen LogP contribution is -2.30. The molecule has 118 valence electrons. The zero-order valence-electron chi connectivity index (χ0n) is 13.3. The second kappa shape index (κ2) is 4.54. The Morgan fingerprint density at radius 3 is 2.68 bits per heavy atom. The van der Waals surface area contributed by atoms with Crippen molar-refractivity contribution < 1.29 is 8.98 Å². The van der Waals surface area contributed by atoms with Crippen LogP contribution in [0.2, 0.25) is 0 Å². The molecule has 1 aliphatic heterocycles. The molecule has 6 rings (SSSR count). The van der Waals surface area contributed by atoms with Gasteiger partial charge in [-0.05, 0) is 36.4 Å². The van der Waals surface area contributed by atoms with E-state index < -0.39 is 0 Å². The van der Waals surface area contributed by atoms with E-state index in [1.165, 1.54) is 0 Å². The Morgan fingerprint density at radius 2 is 1.76 bits per heavy atom. The molecule has 0 N–H and O–H groups in total. The Balaban J connectivity index is 1.78. The van der Waals surface area contributed by atoms with Crippen LogP contribution >= 0.6 is 0 Å². The molecular weight excluding hydrogens is 312 g/mol. The van der Waals surface area contributed by atoms with Crippen LogP contribution in [-0.2, 0) is 6.54 Å². The first-order chi connectivity index (χ1) is 12.4. The first-order valence-corrected chi connectivity index (χ1v) is 8.23. The van der Waals surface area contributed by atoms with Gasteiger partial charge >= 0.3 is 5.89 Å². The first kappa shape index (κ1) is 12.9. The molecule has 0 aliphatic carbocycles. The van der Waals surface area contributed by atoms with Crippen LogP contribution < -0.4 is 4.57 Å². The Labute approximate surface area is 142 Å². The molecule has 0 fully saturated rings. The molecule has 5 aromatic rings. The summed E-state index contributed by atoms with van der Waals surface area (Å²) >= 11 is 0. The van der Waals surface area contributed by atoms with Crippen molar-refractivity contribution in [1.29, 1.82) is 0 Å². The highest BCUT2D eigenvalue weighted by Crippen LogP contribution is 2.35. The number of pyridine rings is 2. The van der Waals surface area contributed by atoms with E-state index in [4.69, 9.17) is 4.42 Å². The molecule has 5 heterocycles. The Bertz CT molecular complexity index is 1270. The van der Waals surface area contributed by atoms with Gasteiger partial charge in [-0.15, -0.1) is 4.57 Å². The van der Waals surface area contributed by atoms with Gasteiger partial charge in [0.2, 0.25) is 0 Å². The summed E-state index contributed by atoms with van der Waals surface area (Å²) in [6.45, 7) is 0.711. The minimum atomic E-state index is 0.711. The predicted molar refractivity (Wildman–Crippen MR) is 93.4 cm³/mol. The van der Waals surface area contributed by atoms with Crippen molar-refractivity contribution >= 4 is 22.3 Å². The maximum atomic E-state index is 6.35. The van der Waals surface area contributed by atoms with Crippen molar-refractivity contribution in [2.24, 2.45) is 0 Å². The minimum Gasteiger partial charge on any atom is -0.380 e. The van der Waals surface area contributed by atoms with Gasteiger partial charge in [-0.25, -0.2) is 4.98 Å². The summed E-state index contributed by atoms with van der Waals surface area (Å²) in [5.41, 5.74) is 7.00. The molecule has 0 amide bonds. The zero-order valence-corrected chi connectivity index (χ0v) is 13.3. The molecule has 4 aromatic heterocycles. The summed E-state index contributed by atoms with van der Waals surface area (Å²) in [6.07, 6.45) is 3.66. The SMILES string of the molecule is c1ccc(-n2c3cccnc3c3c2oc2[n+]3Cc3ncccc3-2)cc1. The lowest BCUT2D eigenvalue weighted by atomic mass is 10.2. The van der Waals surface area contributed by atoms with Crippen LogP contribution in [0.5, 0.6) is 0 Å². The van der Waals surface area contributed by atoms with Crippen LogP contribution in [0.25, 0.3) is 39.4 Å². The molecular formula is C20H13N4O+. The fourth-order valence-electron chi connectivity index (χ4n) is 3.75. The normalized spacial score (nSPS) is 12.6. The van der Waals surface area contributed by atoms with Gasteiger partial charge in [-0.3, -0.25) is 9.55 Å². The topological polar surface area (TPSA) is 47.7 Å². The molecule has 0 atom stereocenters. The summed E-state index contributed by atoms with van der Waals surface area (Å²) < 4.78 is 10.7. The quantitative estimate of drug-likeness (QED) is 0.435. The van der Waals surface area contributed by atoms with Crippen LogP contribution in [0.1, 0.15) is 5.69 Å². The molecule has 25 heavy (non-hydrogen) atoms. The monoisotopic (exact) mass is 325 g/mol. The van der Waals surface area contributed by atoms with Crippen molar-refractivity contribution in [2.75, 3.05) is 0 Å². The first-order valence-electron chi connectivity index (χ1n) is 8.23. The van der Waals surface area contributed by atoms with Crippen molar-refractivity contribution in [2.45, 2.75) is 6.54 Å². The largest absolute Gasteiger partial charge is 0.385 e. The molecule has 0 bridgehead atoms. The number of hydrogen-bond donors (Lipinski definition) is 0. The Morgan fingerprint density at radius 1 is 0.920 bits per heavy atom. The minimum absolute atomic E-state index is 0.711. The number of oxazole rings is 1. The molecule has 0 spiro atoms. The Hall–Kier alpha value is -3.47. The van der Waals surface area contributed by atoms with E-state index in [0.717, 1.165) is 45.1 Å². The van der Waals surface area contributed by atoms with Gasteiger partial charge in [-0.2, -0.15) is 0 Å². The lowest BCUT2D eigenvalue weighted by molar-refractivity contribution is -0.649. The lowest BCUT2D eigenvalue weighted by Gasteiger charge is -2.03. The molecule has 0 radical (unpaired) electrons. The van der Waals surface area contributed by atoms with Crippen molar-refractivity contribution in [1.82, 2.24) is 14.5 Å². The molecule has 5 heteroatoms. The van der Waals surface area contributed by atoms with Gasteiger partial charge in [0.05, 0.1) is 5.52 Å². The smallest absolute Gasteiger partial charge is 0.380 e. The third-order valence-corrected chi connectivity index (χ3v) is 4.81. The number of rotatable bonds is 1. The summed E-state index contributed by atoms with van der Waals surface area (Å²) in [6, 6.07) is 18.3. The van der Waals surface area contributed by atoms with Crippen LogP contribution in [0.15, 0.2) is 71.4 Å². The van der Waals surface area contributed by atoms with Gasteiger partial charge < -0.3 is 4.42 Å². The maximum Gasteiger partial charge on any atom is 0.385 e. The number of benzene rings is 1. The van der Waals surface area contributed by atoms with E-state index in [0.29, 0.717) is 6.54 Å². The van der Waals surface area contributed by atoms with Gasteiger partial charge in [0.1, 0.15) is 11.3 Å². The fraction of sp³-hybridized carbons (Fsp3) is 0.0500. The average Bonchev–Trinajstić information content (AvgIpc) is 3.29. The fourth-order valence-corrected chi connectivity index (χ4v) is 3.75. The third kappa shape index (κ3) is 1.59. The van der Waals surface area contributed by atoms with Crippen LogP contribution in [0, 0.1) is 0 Å². The van der Waals surface area contributed by atoms with E-state index in [1.54, 1.807) is 0 Å². The second-order valence-corrected chi connectivity index (χ2v) is 6.19. The summed E-state index contributed by atoms with van der Waals surface area (Å²) in [7, 11) is 0. The molecule has 0 unspecified atom stereocenters. The van der Waals surface area contributed by atoms with Crippen molar-refractivity contribution in [3.63, 3.8) is 0 Å². The number of para-hydroxylation sites is 1. The second-order valence-electron chi connectivity index (χ2n) is 6.19. The average molecular weight is 325 g/mol. The molecule has 0 saturated carbocycles. The number of nitrogens with zero attached hydrogens (tertiary/aromatic N) is 4. The third-order valence-electron chi connectivity index (χ3n) is 4.81. The molecule has 1 aromatic carbocycles. The summed E-state index contributed by atoms with van der Waals surface area (Å²) in [4.78, 5) is 9.14. The standard InChI is InChI=1S/C20H13N4O/c1-2-6-13(7-3-1)24-16-9-5-11-22-17(16)18-20(24)25-19-14-8-4-10-21-15(14)12-23(18)19/h1-11H,12H2/q+1. The van der Waals surface area contributed by atoms with Gasteiger partial charge in [0.15, 0.2) is 12.1 Å². The van der Waals surface area contributed by atoms with E-state index in [-0.39, 0.29) is 0 Å². The van der Waals surface area contributed by atoms with E-state index in [2.05, 4.69) is 43.4 Å². The van der Waals surface area contributed by atoms with Crippen LogP contribution in [-0.4, -0.2) is 14.5 Å². The van der Waals surface area contributed by atoms with Crippen LogP contribution in [0.3, 0.4) is 0 Å². The molecule has 5 nitrogen and oxygen atoms in total. The van der Waals surface area contributed by atoms with Gasteiger partial charge in [0.25, 0.3) is 11.2 Å². The highest BCUT2D eigenvalue weighted by molar-refractivity contribution is 6.01. The summed E-state index contributed by atoms with van der Waals surface area (Å²) in [5.74, 6) is 0.852. The maximum absolute atomic E-state index is 6.35. The highest BCUT2D eigenvalue weighted by Gasteiger charge is 2.38. The van der Waals surface area contributed by atoms with Crippen molar-refractivity contribution in [3.8, 4) is 17.1 Å². The summed E-state index contributed by atoms with van der Waals surface area (Å²) in [5, 5.41) is 0. The van der Waals surface area contributed by atoms with E-state index in [1.807, 2.05) is 42.7 Å². The molecule has 0 saturated heterocycles.